The van der Waals surface area contributed by atoms with Gasteiger partial charge >= 0.3 is 0 Å². The number of benzene rings is 1. The summed E-state index contributed by atoms with van der Waals surface area (Å²) in [6.45, 7) is 4.34. The van der Waals surface area contributed by atoms with Gasteiger partial charge in [0.2, 0.25) is 0 Å². The lowest BCUT2D eigenvalue weighted by atomic mass is 10.1. The van der Waals surface area contributed by atoms with E-state index in [-0.39, 0.29) is 0 Å². The average molecular weight is 222 g/mol. The molecule has 1 N–H and O–H groups in total. The van der Waals surface area contributed by atoms with Crippen molar-refractivity contribution in [2.24, 2.45) is 0 Å². The smallest absolute Gasteiger partial charge is 0.118 e. The minimum absolute atomic E-state index is 0.331. The number of hydrogen-bond donors (Lipinski definition) is 1. The van der Waals surface area contributed by atoms with Crippen molar-refractivity contribution in [3.05, 3.63) is 42.5 Å². The maximum atomic E-state index is 9.67. The van der Waals surface area contributed by atoms with Crippen molar-refractivity contribution in [3.8, 4) is 5.75 Å². The van der Waals surface area contributed by atoms with Crippen molar-refractivity contribution in [2.75, 3.05) is 20.3 Å². The van der Waals surface area contributed by atoms with Crippen LogP contribution in [-0.4, -0.2) is 31.5 Å². The van der Waals surface area contributed by atoms with Crippen molar-refractivity contribution in [1.29, 1.82) is 0 Å². The Kier molecular flexibility index (Phi) is 5.61. The standard InChI is InChI=1S/C13H18O3/c1-3-8-16-10-12(14)9-11-4-6-13(15-2)7-5-11/h3-7,12,14H,1,8-10H2,2H3. The molecule has 0 radical (unpaired) electrons. The maximum absolute atomic E-state index is 9.67. The Bertz CT molecular complexity index is 305. The largest absolute Gasteiger partial charge is 0.497 e. The molecule has 1 aromatic carbocycles. The predicted octanol–water partition coefficient (Wildman–Crippen LogP) is 1.80. The molecule has 0 aliphatic carbocycles. The summed E-state index contributed by atoms with van der Waals surface area (Å²) in [5.41, 5.74) is 1.07. The number of ether oxygens (including phenoxy) is 2. The molecule has 0 bridgehead atoms. The van der Waals surface area contributed by atoms with E-state index in [0.717, 1.165) is 11.3 Å². The highest BCUT2D eigenvalue weighted by molar-refractivity contribution is 5.27. The van der Waals surface area contributed by atoms with Crippen LogP contribution < -0.4 is 4.74 Å². The van der Waals surface area contributed by atoms with Crippen LogP contribution in [0.25, 0.3) is 0 Å². The number of aliphatic hydroxyl groups excluding tert-OH is 1. The molecule has 0 spiro atoms. The van der Waals surface area contributed by atoms with Crippen LogP contribution in [0.1, 0.15) is 5.56 Å². The van der Waals surface area contributed by atoms with Crippen molar-refractivity contribution < 1.29 is 14.6 Å². The Hall–Kier alpha value is -1.32. The topological polar surface area (TPSA) is 38.7 Å². The van der Waals surface area contributed by atoms with E-state index in [0.29, 0.717) is 19.6 Å². The molecule has 1 atom stereocenters. The zero-order valence-electron chi connectivity index (χ0n) is 9.56. The molecule has 0 heterocycles. The van der Waals surface area contributed by atoms with Crippen LogP contribution >= 0.6 is 0 Å². The number of methoxy groups -OCH3 is 1. The third kappa shape index (κ3) is 4.47. The summed E-state index contributed by atoms with van der Waals surface area (Å²) >= 11 is 0. The lowest BCUT2D eigenvalue weighted by molar-refractivity contribution is 0.0497. The van der Waals surface area contributed by atoms with E-state index < -0.39 is 6.10 Å². The van der Waals surface area contributed by atoms with E-state index in [2.05, 4.69) is 6.58 Å². The quantitative estimate of drug-likeness (QED) is 0.565. The van der Waals surface area contributed by atoms with Gasteiger partial charge in [0.1, 0.15) is 5.75 Å². The summed E-state index contributed by atoms with van der Waals surface area (Å²) in [4.78, 5) is 0. The van der Waals surface area contributed by atoms with Gasteiger partial charge in [-0.05, 0) is 17.7 Å². The van der Waals surface area contributed by atoms with E-state index >= 15 is 0 Å². The Balaban J connectivity index is 2.37. The second kappa shape index (κ2) is 7.04. The first-order valence-electron chi connectivity index (χ1n) is 5.26. The van der Waals surface area contributed by atoms with Gasteiger partial charge < -0.3 is 14.6 Å². The van der Waals surface area contributed by atoms with E-state index in [1.165, 1.54) is 0 Å². The molecule has 16 heavy (non-hydrogen) atoms. The molecule has 1 rings (SSSR count). The molecule has 0 amide bonds. The second-order valence-electron chi connectivity index (χ2n) is 3.53. The molecule has 0 aliphatic rings. The zero-order chi connectivity index (χ0) is 11.8. The van der Waals surface area contributed by atoms with Crippen LogP contribution in [0, 0.1) is 0 Å². The SMILES string of the molecule is C=CCOCC(O)Cc1ccc(OC)cc1. The van der Waals surface area contributed by atoms with Gasteiger partial charge in [-0.25, -0.2) is 0 Å². The van der Waals surface area contributed by atoms with Crippen molar-refractivity contribution in [1.82, 2.24) is 0 Å². The molecule has 0 aromatic heterocycles. The fraction of sp³-hybridized carbons (Fsp3) is 0.385. The molecule has 0 saturated heterocycles. The highest BCUT2D eigenvalue weighted by atomic mass is 16.5. The summed E-state index contributed by atoms with van der Waals surface area (Å²) in [5, 5.41) is 9.67. The first-order valence-corrected chi connectivity index (χ1v) is 5.26. The Morgan fingerprint density at radius 1 is 1.38 bits per heavy atom. The van der Waals surface area contributed by atoms with Crippen LogP contribution in [-0.2, 0) is 11.2 Å². The first-order chi connectivity index (χ1) is 7.76. The van der Waals surface area contributed by atoms with Crippen molar-refractivity contribution >= 4 is 0 Å². The van der Waals surface area contributed by atoms with Crippen molar-refractivity contribution in [2.45, 2.75) is 12.5 Å². The summed E-state index contributed by atoms with van der Waals surface area (Å²) in [7, 11) is 1.63. The molecule has 1 unspecified atom stereocenters. The Morgan fingerprint density at radius 2 is 2.06 bits per heavy atom. The van der Waals surface area contributed by atoms with Crippen molar-refractivity contribution in [3.63, 3.8) is 0 Å². The van der Waals surface area contributed by atoms with Gasteiger partial charge in [0, 0.05) is 6.42 Å². The van der Waals surface area contributed by atoms with E-state index in [4.69, 9.17) is 9.47 Å². The van der Waals surface area contributed by atoms with Crippen LogP contribution in [0.15, 0.2) is 36.9 Å². The van der Waals surface area contributed by atoms with Gasteiger partial charge in [-0.2, -0.15) is 0 Å². The normalized spacial score (nSPS) is 12.1. The molecule has 0 saturated carbocycles. The van der Waals surface area contributed by atoms with E-state index in [9.17, 15) is 5.11 Å². The average Bonchev–Trinajstić information content (AvgIpc) is 2.30. The highest BCUT2D eigenvalue weighted by Gasteiger charge is 2.05. The molecule has 3 heteroatoms. The summed E-state index contributed by atoms with van der Waals surface area (Å²) in [6, 6.07) is 7.64. The second-order valence-corrected chi connectivity index (χ2v) is 3.53. The predicted molar refractivity (Wildman–Crippen MR) is 63.7 cm³/mol. The molecule has 0 aliphatic heterocycles. The zero-order valence-corrected chi connectivity index (χ0v) is 9.56. The van der Waals surface area contributed by atoms with E-state index in [1.54, 1.807) is 13.2 Å². The molecule has 3 nitrogen and oxygen atoms in total. The van der Waals surface area contributed by atoms with Gasteiger partial charge in [0.05, 0.1) is 26.4 Å². The monoisotopic (exact) mass is 222 g/mol. The molecule has 0 fully saturated rings. The number of aliphatic hydroxyl groups is 1. The minimum atomic E-state index is -0.478. The lowest BCUT2D eigenvalue weighted by Gasteiger charge is -2.10. The van der Waals surface area contributed by atoms with Gasteiger partial charge in [-0.3, -0.25) is 0 Å². The Morgan fingerprint density at radius 3 is 2.62 bits per heavy atom. The third-order valence-corrected chi connectivity index (χ3v) is 2.18. The van der Waals surface area contributed by atoms with Crippen LogP contribution in [0.4, 0.5) is 0 Å². The number of hydrogen-bond acceptors (Lipinski definition) is 3. The van der Waals surface area contributed by atoms with Gasteiger partial charge in [-0.1, -0.05) is 18.2 Å². The number of rotatable bonds is 7. The molecular weight excluding hydrogens is 204 g/mol. The summed E-state index contributed by atoms with van der Waals surface area (Å²) in [5.74, 6) is 0.821. The minimum Gasteiger partial charge on any atom is -0.497 e. The van der Waals surface area contributed by atoms with Gasteiger partial charge in [-0.15, -0.1) is 6.58 Å². The third-order valence-electron chi connectivity index (χ3n) is 2.18. The first kappa shape index (κ1) is 12.7. The Labute approximate surface area is 96.3 Å². The highest BCUT2D eigenvalue weighted by Crippen LogP contribution is 2.12. The molecule has 1 aromatic rings. The van der Waals surface area contributed by atoms with E-state index in [1.807, 2.05) is 24.3 Å². The maximum Gasteiger partial charge on any atom is 0.118 e. The molecule has 88 valence electrons. The fourth-order valence-corrected chi connectivity index (χ4v) is 1.38. The van der Waals surface area contributed by atoms with Gasteiger partial charge in [0.25, 0.3) is 0 Å². The lowest BCUT2D eigenvalue weighted by Crippen LogP contribution is -2.18. The summed E-state index contributed by atoms with van der Waals surface area (Å²) in [6.07, 6.45) is 1.77. The van der Waals surface area contributed by atoms with Gasteiger partial charge in [0.15, 0.2) is 0 Å². The summed E-state index contributed by atoms with van der Waals surface area (Å²) < 4.78 is 10.2. The van der Waals surface area contributed by atoms with Crippen LogP contribution in [0.2, 0.25) is 0 Å². The fourth-order valence-electron chi connectivity index (χ4n) is 1.38. The van der Waals surface area contributed by atoms with Crippen LogP contribution in [0.5, 0.6) is 5.75 Å². The van der Waals surface area contributed by atoms with Crippen LogP contribution in [0.3, 0.4) is 0 Å². The molecular formula is C13H18O3.